The Bertz CT molecular complexity index is 516. The highest BCUT2D eigenvalue weighted by Gasteiger charge is 2.17. The van der Waals surface area contributed by atoms with Crippen LogP contribution >= 0.6 is 11.8 Å². The molecule has 7 heteroatoms. The lowest BCUT2D eigenvalue weighted by molar-refractivity contribution is -0.149. The summed E-state index contributed by atoms with van der Waals surface area (Å²) < 4.78 is 4.79. The van der Waals surface area contributed by atoms with E-state index in [0.29, 0.717) is 0 Å². The quantitative estimate of drug-likeness (QED) is 0.486. The number of imide groups is 1. The molecule has 0 spiro atoms. The number of benzene rings is 1. The van der Waals surface area contributed by atoms with Gasteiger partial charge in [0.15, 0.2) is 6.10 Å². The second-order valence-corrected chi connectivity index (χ2v) is 4.65. The highest BCUT2D eigenvalue weighted by Crippen LogP contribution is 2.17. The molecule has 1 aromatic carbocycles. The van der Waals surface area contributed by atoms with Crippen molar-refractivity contribution >= 4 is 29.7 Å². The zero-order chi connectivity index (χ0) is 15.0. The minimum atomic E-state index is -1.10. The van der Waals surface area contributed by atoms with Gasteiger partial charge in [0.25, 0.3) is 5.91 Å². The molecule has 6 nitrogen and oxygen atoms in total. The van der Waals surface area contributed by atoms with Crippen LogP contribution in [0, 0.1) is 0 Å². The lowest BCUT2D eigenvalue weighted by Crippen LogP contribution is -2.42. The number of ether oxygens (including phenoxy) is 1. The highest BCUT2D eigenvalue weighted by molar-refractivity contribution is 8.02. The van der Waals surface area contributed by atoms with E-state index in [1.807, 2.05) is 35.6 Å². The molecule has 3 N–H and O–H groups in total. The fourth-order valence-corrected chi connectivity index (χ4v) is 1.81. The first kappa shape index (κ1) is 15.8. The number of amides is 3. The highest BCUT2D eigenvalue weighted by atomic mass is 32.2. The Balaban J connectivity index is 2.39. The van der Waals surface area contributed by atoms with Crippen LogP contribution in [0.15, 0.2) is 46.7 Å². The normalized spacial score (nSPS) is 11.8. The molecule has 106 valence electrons. The predicted octanol–water partition coefficient (Wildman–Crippen LogP) is 1.42. The van der Waals surface area contributed by atoms with Crippen LogP contribution in [-0.2, 0) is 14.3 Å². The van der Waals surface area contributed by atoms with Gasteiger partial charge in [-0.15, -0.1) is 0 Å². The zero-order valence-corrected chi connectivity index (χ0v) is 11.6. The SMILES string of the molecule is C[C@H](OC(=O)/C=C/Sc1ccccc1)C(=O)NC(N)=O. The van der Waals surface area contributed by atoms with Crippen LogP contribution in [0.4, 0.5) is 4.79 Å². The third kappa shape index (κ3) is 6.05. The van der Waals surface area contributed by atoms with Crippen LogP contribution in [0.2, 0.25) is 0 Å². The van der Waals surface area contributed by atoms with E-state index in [1.165, 1.54) is 24.8 Å². The molecule has 0 unspecified atom stereocenters. The number of hydrogen-bond donors (Lipinski definition) is 2. The molecule has 1 aromatic rings. The van der Waals surface area contributed by atoms with E-state index < -0.39 is 24.0 Å². The van der Waals surface area contributed by atoms with Crippen LogP contribution in [0.1, 0.15) is 6.92 Å². The predicted molar refractivity (Wildman–Crippen MR) is 74.7 cm³/mol. The molecule has 0 aliphatic rings. The number of nitrogens with two attached hydrogens (primary N) is 1. The maximum Gasteiger partial charge on any atom is 0.332 e. The molecule has 1 rings (SSSR count). The van der Waals surface area contributed by atoms with Gasteiger partial charge in [-0.3, -0.25) is 10.1 Å². The van der Waals surface area contributed by atoms with Gasteiger partial charge < -0.3 is 10.5 Å². The molecule has 0 radical (unpaired) electrons. The molecular weight excluding hydrogens is 280 g/mol. The number of thioether (sulfide) groups is 1. The largest absolute Gasteiger partial charge is 0.449 e. The van der Waals surface area contributed by atoms with Crippen molar-refractivity contribution in [1.29, 1.82) is 0 Å². The molecule has 0 aliphatic heterocycles. The summed E-state index contributed by atoms with van der Waals surface area (Å²) in [6, 6.07) is 8.44. The van der Waals surface area contributed by atoms with Crippen molar-refractivity contribution in [3.05, 3.63) is 41.8 Å². The maximum atomic E-state index is 11.4. The van der Waals surface area contributed by atoms with Crippen LogP contribution < -0.4 is 11.1 Å². The molecule has 0 heterocycles. The van der Waals surface area contributed by atoms with E-state index in [2.05, 4.69) is 0 Å². The number of carbonyl (C=O) groups is 3. The fourth-order valence-electron chi connectivity index (χ4n) is 1.16. The summed E-state index contributed by atoms with van der Waals surface area (Å²) in [6.45, 7) is 1.34. The number of esters is 1. The monoisotopic (exact) mass is 294 g/mol. The Hall–Kier alpha value is -2.28. The van der Waals surface area contributed by atoms with Crippen LogP contribution in [0.25, 0.3) is 0 Å². The number of urea groups is 1. The molecule has 1 atom stereocenters. The Morgan fingerprint density at radius 3 is 2.55 bits per heavy atom. The molecule has 0 aliphatic carbocycles. The fraction of sp³-hybridized carbons (Fsp3) is 0.154. The summed E-state index contributed by atoms with van der Waals surface area (Å²) in [5.74, 6) is -1.45. The topological polar surface area (TPSA) is 98.5 Å². The summed E-state index contributed by atoms with van der Waals surface area (Å²) in [7, 11) is 0. The van der Waals surface area contributed by atoms with Gasteiger partial charge in [-0.2, -0.15) is 0 Å². The van der Waals surface area contributed by atoms with E-state index in [-0.39, 0.29) is 0 Å². The van der Waals surface area contributed by atoms with Gasteiger partial charge in [0.05, 0.1) is 0 Å². The summed E-state index contributed by atoms with van der Waals surface area (Å²) >= 11 is 1.34. The lowest BCUT2D eigenvalue weighted by atomic mass is 10.4. The van der Waals surface area contributed by atoms with Gasteiger partial charge in [0.1, 0.15) is 0 Å². The maximum absolute atomic E-state index is 11.4. The third-order valence-electron chi connectivity index (χ3n) is 2.06. The molecule has 20 heavy (non-hydrogen) atoms. The molecule has 0 bridgehead atoms. The molecule has 0 saturated carbocycles. The van der Waals surface area contributed by atoms with Crippen molar-refractivity contribution in [1.82, 2.24) is 5.32 Å². The Labute approximate surface area is 120 Å². The van der Waals surface area contributed by atoms with Crippen molar-refractivity contribution in [3.63, 3.8) is 0 Å². The average molecular weight is 294 g/mol. The smallest absolute Gasteiger partial charge is 0.332 e. The van der Waals surface area contributed by atoms with Crippen molar-refractivity contribution in [2.75, 3.05) is 0 Å². The van der Waals surface area contributed by atoms with E-state index in [9.17, 15) is 14.4 Å². The average Bonchev–Trinajstić information content (AvgIpc) is 2.39. The summed E-state index contributed by atoms with van der Waals surface area (Å²) in [4.78, 5) is 34.1. The third-order valence-corrected chi connectivity index (χ3v) is 2.88. The lowest BCUT2D eigenvalue weighted by Gasteiger charge is -2.09. The van der Waals surface area contributed by atoms with Crippen molar-refractivity contribution in [2.24, 2.45) is 5.73 Å². The molecule has 0 fully saturated rings. The molecule has 0 aromatic heterocycles. The second-order valence-electron chi connectivity index (χ2n) is 3.67. The second kappa shape index (κ2) is 8.00. The first-order chi connectivity index (χ1) is 9.49. The Kier molecular flexibility index (Phi) is 6.31. The summed E-state index contributed by atoms with van der Waals surface area (Å²) in [5, 5.41) is 3.38. The van der Waals surface area contributed by atoms with E-state index in [1.54, 1.807) is 5.41 Å². The van der Waals surface area contributed by atoms with E-state index in [0.717, 1.165) is 4.90 Å². The van der Waals surface area contributed by atoms with Gasteiger partial charge in [0.2, 0.25) is 0 Å². The van der Waals surface area contributed by atoms with E-state index >= 15 is 0 Å². The van der Waals surface area contributed by atoms with Crippen molar-refractivity contribution in [2.45, 2.75) is 17.9 Å². The Morgan fingerprint density at radius 2 is 1.95 bits per heavy atom. The zero-order valence-electron chi connectivity index (χ0n) is 10.7. The number of rotatable bonds is 5. The number of primary amides is 1. The first-order valence-electron chi connectivity index (χ1n) is 5.68. The minimum absolute atomic E-state index is 0.680. The first-order valence-corrected chi connectivity index (χ1v) is 6.56. The van der Waals surface area contributed by atoms with Crippen molar-refractivity contribution in [3.8, 4) is 0 Å². The molecular formula is C13H14N2O4S. The van der Waals surface area contributed by atoms with E-state index in [4.69, 9.17) is 10.5 Å². The number of carbonyl (C=O) groups excluding carboxylic acids is 3. The van der Waals surface area contributed by atoms with Gasteiger partial charge >= 0.3 is 12.0 Å². The molecule has 0 saturated heterocycles. The van der Waals surface area contributed by atoms with Gasteiger partial charge in [-0.05, 0) is 24.5 Å². The standard InChI is InChI=1S/C13H14N2O4S/c1-9(12(17)15-13(14)18)19-11(16)7-8-20-10-5-3-2-4-6-10/h2-9H,1H3,(H3,14,15,17,18)/b8-7+/t9-/m0/s1. The van der Waals surface area contributed by atoms with Crippen molar-refractivity contribution < 1.29 is 19.1 Å². The number of hydrogen-bond acceptors (Lipinski definition) is 5. The van der Waals surface area contributed by atoms with Gasteiger partial charge in [-0.1, -0.05) is 30.0 Å². The minimum Gasteiger partial charge on any atom is -0.449 e. The van der Waals surface area contributed by atoms with Crippen LogP contribution in [0.5, 0.6) is 0 Å². The van der Waals surface area contributed by atoms with Crippen LogP contribution in [-0.4, -0.2) is 24.0 Å². The molecule has 3 amide bonds. The van der Waals surface area contributed by atoms with Gasteiger partial charge in [0, 0.05) is 11.0 Å². The summed E-state index contributed by atoms with van der Waals surface area (Å²) in [6.07, 6.45) is 0.104. The summed E-state index contributed by atoms with van der Waals surface area (Å²) in [5.41, 5.74) is 4.78. The van der Waals surface area contributed by atoms with Crippen LogP contribution in [0.3, 0.4) is 0 Å². The Morgan fingerprint density at radius 1 is 1.30 bits per heavy atom. The van der Waals surface area contributed by atoms with Gasteiger partial charge in [-0.25, -0.2) is 9.59 Å². The number of nitrogens with one attached hydrogen (secondary N) is 1.